The maximum Gasteiger partial charge on any atom is 0.341 e. The fourth-order valence-corrected chi connectivity index (χ4v) is 2.96. The first-order chi connectivity index (χ1) is 8.17. The lowest BCUT2D eigenvalue weighted by Crippen LogP contribution is -2.10. The minimum atomic E-state index is -0.480. The van der Waals surface area contributed by atoms with Crippen molar-refractivity contribution in [2.24, 2.45) is 0 Å². The number of fused-ring (bicyclic) bond motifs is 1. The molecule has 1 aliphatic heterocycles. The largest absolute Gasteiger partial charge is 0.496 e. The van der Waals surface area contributed by atoms with Gasteiger partial charge in [0.25, 0.3) is 0 Å². The number of hydrogen-bond acceptors (Lipinski definition) is 5. The average Bonchev–Trinajstić information content (AvgIpc) is 2.37. The Labute approximate surface area is 104 Å². The van der Waals surface area contributed by atoms with E-state index in [1.165, 1.54) is 14.2 Å². The molecule has 0 amide bonds. The van der Waals surface area contributed by atoms with Gasteiger partial charge in [0.15, 0.2) is 0 Å². The molecule has 17 heavy (non-hydrogen) atoms. The van der Waals surface area contributed by atoms with Gasteiger partial charge in [-0.25, -0.2) is 4.79 Å². The van der Waals surface area contributed by atoms with Gasteiger partial charge in [0.1, 0.15) is 11.3 Å². The number of aliphatic hydroxyl groups is 1. The van der Waals surface area contributed by atoms with Gasteiger partial charge in [0, 0.05) is 10.6 Å². The van der Waals surface area contributed by atoms with E-state index < -0.39 is 12.1 Å². The number of benzene rings is 1. The van der Waals surface area contributed by atoms with Gasteiger partial charge in [0.2, 0.25) is 0 Å². The van der Waals surface area contributed by atoms with E-state index in [2.05, 4.69) is 0 Å². The molecule has 0 saturated carbocycles. The summed E-state index contributed by atoms with van der Waals surface area (Å²) in [5.41, 5.74) is 1.22. The molecule has 2 rings (SSSR count). The Morgan fingerprint density at radius 3 is 2.88 bits per heavy atom. The van der Waals surface area contributed by atoms with Gasteiger partial charge >= 0.3 is 5.97 Å². The first-order valence-electron chi connectivity index (χ1n) is 5.28. The summed E-state index contributed by atoms with van der Waals surface area (Å²) in [6.45, 7) is 0. The Morgan fingerprint density at radius 2 is 2.24 bits per heavy atom. The van der Waals surface area contributed by atoms with Crippen LogP contribution < -0.4 is 4.74 Å². The monoisotopic (exact) mass is 254 g/mol. The fraction of sp³-hybridized carbons (Fsp3) is 0.417. The average molecular weight is 254 g/mol. The number of methoxy groups -OCH3 is 2. The maximum atomic E-state index is 11.6. The molecule has 1 heterocycles. The van der Waals surface area contributed by atoms with E-state index in [9.17, 15) is 9.90 Å². The normalized spacial score (nSPS) is 18.4. The van der Waals surface area contributed by atoms with Gasteiger partial charge < -0.3 is 14.6 Å². The number of ether oxygens (including phenoxy) is 2. The standard InChI is InChI=1S/C12H14O4S/c1-15-10-5-7-9(13)3-4-17-11(7)6-8(10)12(14)16-2/h5-6,9,13H,3-4H2,1-2H3. The van der Waals surface area contributed by atoms with Crippen molar-refractivity contribution in [2.75, 3.05) is 20.0 Å². The van der Waals surface area contributed by atoms with Crippen molar-refractivity contribution in [1.82, 2.24) is 0 Å². The van der Waals surface area contributed by atoms with E-state index in [0.29, 0.717) is 11.3 Å². The summed E-state index contributed by atoms with van der Waals surface area (Å²) in [6.07, 6.45) is 0.241. The van der Waals surface area contributed by atoms with E-state index >= 15 is 0 Å². The zero-order valence-corrected chi connectivity index (χ0v) is 10.5. The SMILES string of the molecule is COC(=O)c1cc2c(cc1OC)C(O)CCS2. The predicted molar refractivity (Wildman–Crippen MR) is 64.6 cm³/mol. The van der Waals surface area contributed by atoms with Gasteiger partial charge in [-0.15, -0.1) is 11.8 Å². The fourth-order valence-electron chi connectivity index (χ4n) is 1.84. The number of aliphatic hydroxyl groups excluding tert-OH is 1. The lowest BCUT2D eigenvalue weighted by atomic mass is 10.0. The van der Waals surface area contributed by atoms with Gasteiger partial charge in [-0.05, 0) is 24.1 Å². The summed E-state index contributed by atoms with van der Waals surface area (Å²) in [6, 6.07) is 3.45. The van der Waals surface area contributed by atoms with Crippen molar-refractivity contribution in [1.29, 1.82) is 0 Å². The third kappa shape index (κ3) is 2.25. The molecular formula is C12H14O4S. The van der Waals surface area contributed by atoms with Crippen LogP contribution in [-0.2, 0) is 4.74 Å². The molecule has 1 aromatic carbocycles. The van der Waals surface area contributed by atoms with Crippen LogP contribution in [0.4, 0.5) is 0 Å². The summed E-state index contributed by atoms with van der Waals surface area (Å²) in [7, 11) is 2.83. The second-order valence-corrected chi connectivity index (χ2v) is 4.87. The quantitative estimate of drug-likeness (QED) is 0.818. The summed E-state index contributed by atoms with van der Waals surface area (Å²) in [5, 5.41) is 9.88. The maximum absolute atomic E-state index is 11.6. The summed E-state index contributed by atoms with van der Waals surface area (Å²) < 4.78 is 9.87. The molecule has 1 atom stereocenters. The molecular weight excluding hydrogens is 240 g/mol. The highest BCUT2D eigenvalue weighted by Gasteiger charge is 2.23. The highest BCUT2D eigenvalue weighted by atomic mass is 32.2. The van der Waals surface area contributed by atoms with Crippen LogP contribution in [0.25, 0.3) is 0 Å². The van der Waals surface area contributed by atoms with Crippen LogP contribution >= 0.6 is 11.8 Å². The van der Waals surface area contributed by atoms with Crippen LogP contribution in [0.1, 0.15) is 28.4 Å². The van der Waals surface area contributed by atoms with Crippen LogP contribution in [0, 0.1) is 0 Å². The van der Waals surface area contributed by atoms with Gasteiger partial charge in [-0.1, -0.05) is 0 Å². The number of hydrogen-bond donors (Lipinski definition) is 1. The molecule has 92 valence electrons. The van der Waals surface area contributed by atoms with Crippen LogP contribution in [-0.4, -0.2) is 31.0 Å². The van der Waals surface area contributed by atoms with Crippen LogP contribution in [0.2, 0.25) is 0 Å². The Bertz CT molecular complexity index is 444. The number of esters is 1. The molecule has 5 heteroatoms. The van der Waals surface area contributed by atoms with E-state index in [1.807, 2.05) is 0 Å². The molecule has 1 aliphatic rings. The molecule has 0 radical (unpaired) electrons. The van der Waals surface area contributed by atoms with Gasteiger partial charge in [0.05, 0.1) is 20.3 Å². The van der Waals surface area contributed by atoms with E-state index in [4.69, 9.17) is 9.47 Å². The minimum absolute atomic E-state index is 0.398. The molecule has 4 nitrogen and oxygen atoms in total. The lowest BCUT2D eigenvalue weighted by molar-refractivity contribution is 0.0596. The molecule has 0 spiro atoms. The Balaban J connectivity index is 2.51. The lowest BCUT2D eigenvalue weighted by Gasteiger charge is -2.22. The summed E-state index contributed by atoms with van der Waals surface area (Å²) in [4.78, 5) is 12.5. The first kappa shape index (κ1) is 12.3. The number of thioether (sulfide) groups is 1. The number of carbonyl (C=O) groups is 1. The second-order valence-electron chi connectivity index (χ2n) is 3.73. The van der Waals surface area contributed by atoms with Gasteiger partial charge in [-0.2, -0.15) is 0 Å². The molecule has 0 aromatic heterocycles. The zero-order valence-electron chi connectivity index (χ0n) is 9.73. The molecule has 1 unspecified atom stereocenters. The van der Waals surface area contributed by atoms with Crippen LogP contribution in [0.15, 0.2) is 17.0 Å². The summed E-state index contributed by atoms with van der Waals surface area (Å²) >= 11 is 1.63. The first-order valence-corrected chi connectivity index (χ1v) is 6.27. The van der Waals surface area contributed by atoms with Crippen molar-refractivity contribution >= 4 is 17.7 Å². The molecule has 0 fully saturated rings. The van der Waals surface area contributed by atoms with Crippen molar-refractivity contribution in [3.63, 3.8) is 0 Å². The minimum Gasteiger partial charge on any atom is -0.496 e. The second kappa shape index (κ2) is 4.98. The summed E-state index contributed by atoms with van der Waals surface area (Å²) in [5.74, 6) is 0.864. The molecule has 1 N–H and O–H groups in total. The molecule has 0 bridgehead atoms. The Hall–Kier alpha value is -1.20. The molecule has 0 saturated heterocycles. The van der Waals surface area contributed by atoms with Crippen molar-refractivity contribution < 1.29 is 19.4 Å². The van der Waals surface area contributed by atoms with Gasteiger partial charge in [-0.3, -0.25) is 0 Å². The van der Waals surface area contributed by atoms with E-state index in [1.54, 1.807) is 23.9 Å². The van der Waals surface area contributed by atoms with E-state index in [0.717, 1.165) is 22.6 Å². The number of carbonyl (C=O) groups excluding carboxylic acids is 1. The van der Waals surface area contributed by atoms with Crippen molar-refractivity contribution in [2.45, 2.75) is 17.4 Å². The highest BCUT2D eigenvalue weighted by Crippen LogP contribution is 2.39. The molecule has 0 aliphatic carbocycles. The predicted octanol–water partition coefficient (Wildman–Crippen LogP) is 2.01. The topological polar surface area (TPSA) is 55.8 Å². The Kier molecular flexibility index (Phi) is 3.59. The van der Waals surface area contributed by atoms with E-state index in [-0.39, 0.29) is 0 Å². The van der Waals surface area contributed by atoms with Crippen LogP contribution in [0.3, 0.4) is 0 Å². The van der Waals surface area contributed by atoms with Crippen LogP contribution in [0.5, 0.6) is 5.75 Å². The zero-order chi connectivity index (χ0) is 12.4. The highest BCUT2D eigenvalue weighted by molar-refractivity contribution is 7.99. The molecule has 1 aromatic rings. The van der Waals surface area contributed by atoms with Crippen molar-refractivity contribution in [3.8, 4) is 5.75 Å². The Morgan fingerprint density at radius 1 is 1.47 bits per heavy atom. The smallest absolute Gasteiger partial charge is 0.341 e. The van der Waals surface area contributed by atoms with Crippen molar-refractivity contribution in [3.05, 3.63) is 23.3 Å². The third-order valence-corrected chi connectivity index (χ3v) is 3.85. The third-order valence-electron chi connectivity index (χ3n) is 2.75. The number of rotatable bonds is 2.